The van der Waals surface area contributed by atoms with Crippen LogP contribution in [0.5, 0.6) is 0 Å². The topological polar surface area (TPSA) is 55.4 Å². The molecular weight excluding hydrogens is 342 g/mol. The van der Waals surface area contributed by atoms with Gasteiger partial charge in [0.2, 0.25) is 5.91 Å². The fourth-order valence-corrected chi connectivity index (χ4v) is 3.95. The van der Waals surface area contributed by atoms with Gasteiger partial charge in [0.25, 0.3) is 0 Å². The van der Waals surface area contributed by atoms with Gasteiger partial charge < -0.3 is 10.1 Å². The summed E-state index contributed by atoms with van der Waals surface area (Å²) in [6.45, 7) is 2.04. The van der Waals surface area contributed by atoms with E-state index in [1.165, 1.54) is 17.4 Å². The van der Waals surface area contributed by atoms with Gasteiger partial charge in [0.1, 0.15) is 10.6 Å². The van der Waals surface area contributed by atoms with Crippen molar-refractivity contribution in [1.29, 1.82) is 0 Å². The Hall–Kier alpha value is -2.44. The Morgan fingerprint density at radius 1 is 1.21 bits per heavy atom. The number of benzene rings is 1. The average Bonchev–Trinajstić information content (AvgIpc) is 3.20. The summed E-state index contributed by atoms with van der Waals surface area (Å²) < 4.78 is 6.06. The van der Waals surface area contributed by atoms with Gasteiger partial charge in [-0.1, -0.05) is 24.3 Å². The first kappa shape index (κ1) is 16.4. The van der Waals surface area contributed by atoms with Crippen LogP contribution in [0.15, 0.2) is 47.9 Å². The quantitative estimate of drug-likeness (QED) is 0.527. The van der Waals surface area contributed by atoms with E-state index >= 15 is 0 Å². The molecule has 122 valence electrons. The predicted octanol–water partition coefficient (Wildman–Crippen LogP) is 4.79. The molecule has 0 spiro atoms. The minimum absolute atomic E-state index is 0.277. The number of hydrogen-bond acceptors (Lipinski definition) is 5. The number of fused-ring (bicyclic) bond motifs is 1. The van der Waals surface area contributed by atoms with Crippen LogP contribution >= 0.6 is 22.7 Å². The Labute approximate surface area is 147 Å². The molecule has 2 heterocycles. The van der Waals surface area contributed by atoms with Gasteiger partial charge in [0.15, 0.2) is 0 Å². The second-order valence-corrected chi connectivity index (χ2v) is 6.89. The summed E-state index contributed by atoms with van der Waals surface area (Å²) in [4.78, 5) is 25.5. The molecule has 0 fully saturated rings. The lowest BCUT2D eigenvalue weighted by molar-refractivity contribution is -0.111. The van der Waals surface area contributed by atoms with Crippen molar-refractivity contribution in [3.63, 3.8) is 0 Å². The summed E-state index contributed by atoms with van der Waals surface area (Å²) in [5.74, 6) is -0.701. The van der Waals surface area contributed by atoms with E-state index in [2.05, 4.69) is 5.32 Å². The Balaban J connectivity index is 1.89. The number of ether oxygens (including phenoxy) is 1. The zero-order chi connectivity index (χ0) is 16.9. The summed E-state index contributed by atoms with van der Waals surface area (Å²) in [6, 6.07) is 11.4. The normalized spacial score (nSPS) is 11.0. The third-order valence-corrected chi connectivity index (χ3v) is 5.18. The molecular formula is C18H15NO3S2. The van der Waals surface area contributed by atoms with Crippen LogP contribution in [0.1, 0.15) is 22.2 Å². The lowest BCUT2D eigenvalue weighted by atomic mass is 10.1. The molecule has 0 aliphatic heterocycles. The molecule has 4 nitrogen and oxygen atoms in total. The van der Waals surface area contributed by atoms with Crippen molar-refractivity contribution in [2.24, 2.45) is 0 Å². The van der Waals surface area contributed by atoms with Crippen molar-refractivity contribution in [2.45, 2.75) is 6.92 Å². The maximum Gasteiger partial charge on any atom is 0.341 e. The maximum absolute atomic E-state index is 12.3. The minimum Gasteiger partial charge on any atom is -0.462 e. The van der Waals surface area contributed by atoms with E-state index in [1.54, 1.807) is 24.3 Å². The van der Waals surface area contributed by atoms with E-state index in [9.17, 15) is 9.59 Å². The van der Waals surface area contributed by atoms with Gasteiger partial charge in [0.05, 0.1) is 6.61 Å². The number of thiophene rings is 2. The van der Waals surface area contributed by atoms with Crippen LogP contribution in [-0.2, 0) is 9.53 Å². The largest absolute Gasteiger partial charge is 0.462 e. The van der Waals surface area contributed by atoms with Crippen LogP contribution in [0.25, 0.3) is 16.2 Å². The predicted molar refractivity (Wildman–Crippen MR) is 99.8 cm³/mol. The lowest BCUT2D eigenvalue weighted by Gasteiger charge is -2.04. The molecule has 0 saturated carbocycles. The van der Waals surface area contributed by atoms with E-state index in [-0.39, 0.29) is 12.5 Å². The van der Waals surface area contributed by atoms with Crippen molar-refractivity contribution in [2.75, 3.05) is 11.9 Å². The molecule has 24 heavy (non-hydrogen) atoms. The molecule has 1 amide bonds. The standard InChI is InChI=1S/C18H15NO3S2/c1-2-22-18(21)16-13-7-3-4-8-14(13)24-17(16)19-15(20)10-9-12-6-5-11-23-12/h3-11H,2H2,1H3,(H,19,20). The molecule has 0 bridgehead atoms. The Kier molecular flexibility index (Phi) is 5.08. The highest BCUT2D eigenvalue weighted by Gasteiger charge is 2.20. The smallest absolute Gasteiger partial charge is 0.341 e. The molecule has 0 radical (unpaired) electrons. The van der Waals surface area contributed by atoms with Crippen LogP contribution < -0.4 is 5.32 Å². The first-order chi connectivity index (χ1) is 11.7. The third-order valence-electron chi connectivity index (χ3n) is 3.25. The van der Waals surface area contributed by atoms with Gasteiger partial charge in [-0.25, -0.2) is 4.79 Å². The highest BCUT2D eigenvalue weighted by atomic mass is 32.1. The van der Waals surface area contributed by atoms with Gasteiger partial charge in [0, 0.05) is 21.0 Å². The minimum atomic E-state index is -0.424. The molecule has 0 aliphatic carbocycles. The van der Waals surface area contributed by atoms with Crippen LogP contribution in [-0.4, -0.2) is 18.5 Å². The molecule has 0 atom stereocenters. The van der Waals surface area contributed by atoms with E-state index in [1.807, 2.05) is 41.8 Å². The number of amides is 1. The van der Waals surface area contributed by atoms with Gasteiger partial charge in [-0.2, -0.15) is 0 Å². The average molecular weight is 357 g/mol. The number of hydrogen-bond donors (Lipinski definition) is 1. The molecule has 1 N–H and O–H groups in total. The zero-order valence-electron chi connectivity index (χ0n) is 12.9. The molecule has 0 unspecified atom stereocenters. The molecule has 3 rings (SSSR count). The van der Waals surface area contributed by atoms with Crippen molar-refractivity contribution in [3.8, 4) is 0 Å². The van der Waals surface area contributed by atoms with Crippen molar-refractivity contribution >= 4 is 55.7 Å². The zero-order valence-corrected chi connectivity index (χ0v) is 14.6. The summed E-state index contributed by atoms with van der Waals surface area (Å²) in [5, 5.41) is 6.05. The van der Waals surface area contributed by atoms with Crippen LogP contribution in [0.4, 0.5) is 5.00 Å². The summed E-state index contributed by atoms with van der Waals surface area (Å²) in [6.07, 6.45) is 3.21. The molecule has 2 aromatic heterocycles. The highest BCUT2D eigenvalue weighted by molar-refractivity contribution is 7.23. The first-order valence-electron chi connectivity index (χ1n) is 7.40. The van der Waals surface area contributed by atoms with Crippen LogP contribution in [0.2, 0.25) is 0 Å². The number of nitrogens with one attached hydrogen (secondary N) is 1. The number of carbonyl (C=O) groups excluding carboxylic acids is 2. The van der Waals surface area contributed by atoms with E-state index < -0.39 is 5.97 Å². The maximum atomic E-state index is 12.3. The number of carbonyl (C=O) groups is 2. The summed E-state index contributed by atoms with van der Waals surface area (Å²) in [7, 11) is 0. The monoisotopic (exact) mass is 357 g/mol. The fraction of sp³-hybridized carbons (Fsp3) is 0.111. The number of rotatable bonds is 5. The SMILES string of the molecule is CCOC(=O)c1c(NC(=O)C=Cc2cccs2)sc2ccccc12. The molecule has 1 aromatic carbocycles. The molecule has 0 saturated heterocycles. The van der Waals surface area contributed by atoms with E-state index in [0.29, 0.717) is 10.6 Å². The summed E-state index contributed by atoms with van der Waals surface area (Å²) in [5.41, 5.74) is 0.412. The van der Waals surface area contributed by atoms with Crippen molar-refractivity contribution < 1.29 is 14.3 Å². The Morgan fingerprint density at radius 3 is 2.79 bits per heavy atom. The van der Waals surface area contributed by atoms with Crippen LogP contribution in [0.3, 0.4) is 0 Å². The fourth-order valence-electron chi connectivity index (χ4n) is 2.24. The molecule has 6 heteroatoms. The van der Waals surface area contributed by atoms with Crippen molar-refractivity contribution in [1.82, 2.24) is 0 Å². The van der Waals surface area contributed by atoms with Gasteiger partial charge in [-0.15, -0.1) is 22.7 Å². The Morgan fingerprint density at radius 2 is 2.04 bits per heavy atom. The summed E-state index contributed by atoms with van der Waals surface area (Å²) >= 11 is 2.92. The van der Waals surface area contributed by atoms with E-state index in [4.69, 9.17) is 4.74 Å². The number of esters is 1. The number of anilines is 1. The third kappa shape index (κ3) is 3.55. The first-order valence-corrected chi connectivity index (χ1v) is 9.10. The lowest BCUT2D eigenvalue weighted by Crippen LogP contribution is -2.11. The molecule has 0 aliphatic rings. The van der Waals surface area contributed by atoms with Crippen LogP contribution in [0, 0.1) is 0 Å². The second-order valence-electron chi connectivity index (χ2n) is 4.86. The second kappa shape index (κ2) is 7.42. The Bertz CT molecular complexity index is 894. The molecule has 3 aromatic rings. The van der Waals surface area contributed by atoms with E-state index in [0.717, 1.165) is 15.0 Å². The van der Waals surface area contributed by atoms with Crippen molar-refractivity contribution in [3.05, 3.63) is 58.3 Å². The van der Waals surface area contributed by atoms with Gasteiger partial charge in [-0.05, 0) is 30.5 Å². The highest BCUT2D eigenvalue weighted by Crippen LogP contribution is 2.36. The van der Waals surface area contributed by atoms with Gasteiger partial charge >= 0.3 is 5.97 Å². The van der Waals surface area contributed by atoms with Gasteiger partial charge in [-0.3, -0.25) is 4.79 Å².